The van der Waals surface area contributed by atoms with Crippen molar-refractivity contribution in [3.63, 3.8) is 0 Å². The van der Waals surface area contributed by atoms with E-state index in [0.29, 0.717) is 5.17 Å². The number of ether oxygens (including phenoxy) is 1. The summed E-state index contributed by atoms with van der Waals surface area (Å²) in [6.07, 6.45) is 1.15. The number of anilines is 1. The number of carbonyl (C=O) groups is 1. The van der Waals surface area contributed by atoms with E-state index < -0.39 is 6.09 Å². The number of nitrogens with one attached hydrogen (secondary N) is 2. The minimum atomic E-state index is -0.585. The van der Waals surface area contributed by atoms with Gasteiger partial charge in [-0.15, -0.1) is 5.10 Å². The Bertz CT molecular complexity index is 618. The van der Waals surface area contributed by atoms with E-state index in [-0.39, 0.29) is 25.0 Å². The van der Waals surface area contributed by atoms with Gasteiger partial charge in [-0.05, 0) is 48.7 Å². The molecule has 1 aromatic carbocycles. The van der Waals surface area contributed by atoms with E-state index in [1.54, 1.807) is 6.21 Å². The lowest BCUT2D eigenvalue weighted by atomic mass is 10.1. The Kier molecular flexibility index (Phi) is 9.64. The molecule has 0 unspecified atom stereocenters. The SMILES string of the molecule is Cc1ccc(C)c(N/C(=N/N=C/C(C)C)SCOC(=O)NCCO)c1. The van der Waals surface area contributed by atoms with Crippen LogP contribution in [0.4, 0.5) is 10.5 Å². The molecular weight excluding hydrogens is 340 g/mol. The first-order valence-electron chi connectivity index (χ1n) is 8.02. The number of thioether (sulfide) groups is 1. The van der Waals surface area contributed by atoms with Crippen LogP contribution < -0.4 is 10.6 Å². The lowest BCUT2D eigenvalue weighted by Gasteiger charge is -2.12. The van der Waals surface area contributed by atoms with E-state index in [9.17, 15) is 4.79 Å². The molecule has 0 saturated carbocycles. The van der Waals surface area contributed by atoms with Crippen LogP contribution in [0.5, 0.6) is 0 Å². The second-order valence-electron chi connectivity index (χ2n) is 5.70. The third kappa shape index (κ3) is 9.11. The van der Waals surface area contributed by atoms with Gasteiger partial charge in [0.05, 0.1) is 6.61 Å². The maximum atomic E-state index is 11.4. The minimum Gasteiger partial charge on any atom is -0.438 e. The second kappa shape index (κ2) is 11.5. The normalized spacial score (nSPS) is 11.8. The Morgan fingerprint density at radius 2 is 2.16 bits per heavy atom. The van der Waals surface area contributed by atoms with Crippen LogP contribution in [-0.4, -0.2) is 41.7 Å². The van der Waals surface area contributed by atoms with Gasteiger partial charge in [0.1, 0.15) is 5.94 Å². The summed E-state index contributed by atoms with van der Waals surface area (Å²) >= 11 is 1.22. The molecule has 0 spiro atoms. The number of carbonyl (C=O) groups excluding carboxylic acids is 1. The lowest BCUT2D eigenvalue weighted by molar-refractivity contribution is 0.162. The highest BCUT2D eigenvalue weighted by Gasteiger charge is 2.07. The molecule has 0 aliphatic rings. The Morgan fingerprint density at radius 3 is 2.84 bits per heavy atom. The van der Waals surface area contributed by atoms with Crippen molar-refractivity contribution in [3.05, 3.63) is 29.3 Å². The number of hydrogen-bond donors (Lipinski definition) is 3. The van der Waals surface area contributed by atoms with E-state index in [4.69, 9.17) is 9.84 Å². The highest BCUT2D eigenvalue weighted by molar-refractivity contribution is 8.14. The Hall–Kier alpha value is -2.06. The molecule has 1 amide bonds. The molecule has 7 nitrogen and oxygen atoms in total. The number of aliphatic hydroxyl groups is 1. The van der Waals surface area contributed by atoms with Gasteiger partial charge in [0, 0.05) is 18.4 Å². The molecule has 0 radical (unpaired) electrons. The molecule has 3 N–H and O–H groups in total. The summed E-state index contributed by atoms with van der Waals surface area (Å²) in [6.45, 7) is 8.06. The predicted molar refractivity (Wildman–Crippen MR) is 104 cm³/mol. The number of amidine groups is 1. The van der Waals surface area contributed by atoms with Crippen LogP contribution in [0.25, 0.3) is 0 Å². The van der Waals surface area contributed by atoms with Gasteiger partial charge in [-0.2, -0.15) is 5.10 Å². The topological polar surface area (TPSA) is 95.3 Å². The smallest absolute Gasteiger partial charge is 0.408 e. The fourth-order valence-electron chi connectivity index (χ4n) is 1.64. The second-order valence-corrected chi connectivity index (χ2v) is 6.61. The highest BCUT2D eigenvalue weighted by atomic mass is 32.2. The average Bonchev–Trinajstić information content (AvgIpc) is 2.55. The Labute approximate surface area is 152 Å². The van der Waals surface area contributed by atoms with E-state index in [2.05, 4.69) is 20.8 Å². The van der Waals surface area contributed by atoms with E-state index >= 15 is 0 Å². The minimum absolute atomic E-state index is 0.0746. The molecule has 138 valence electrons. The molecule has 0 aliphatic carbocycles. The molecule has 0 aromatic heterocycles. The van der Waals surface area contributed by atoms with Crippen molar-refractivity contribution < 1.29 is 14.6 Å². The zero-order valence-electron chi connectivity index (χ0n) is 15.1. The molecule has 1 rings (SSSR count). The van der Waals surface area contributed by atoms with Crippen LogP contribution in [0.15, 0.2) is 28.4 Å². The van der Waals surface area contributed by atoms with Gasteiger partial charge in [-0.1, -0.05) is 26.0 Å². The number of amides is 1. The molecule has 0 saturated heterocycles. The van der Waals surface area contributed by atoms with Crippen LogP contribution in [0.2, 0.25) is 0 Å². The van der Waals surface area contributed by atoms with Crippen molar-refractivity contribution in [2.75, 3.05) is 24.4 Å². The van der Waals surface area contributed by atoms with Crippen molar-refractivity contribution >= 4 is 34.9 Å². The first kappa shape index (κ1) is 21.0. The molecule has 0 aliphatic heterocycles. The summed E-state index contributed by atoms with van der Waals surface area (Å²) in [6, 6.07) is 6.08. The van der Waals surface area contributed by atoms with Gasteiger partial charge < -0.3 is 20.5 Å². The van der Waals surface area contributed by atoms with Gasteiger partial charge in [-0.25, -0.2) is 4.79 Å². The molecule has 1 aromatic rings. The van der Waals surface area contributed by atoms with Crippen molar-refractivity contribution in [1.82, 2.24) is 5.32 Å². The predicted octanol–water partition coefficient (Wildman–Crippen LogP) is 3.12. The third-order valence-electron chi connectivity index (χ3n) is 2.91. The van der Waals surface area contributed by atoms with Crippen LogP contribution >= 0.6 is 11.8 Å². The lowest BCUT2D eigenvalue weighted by Crippen LogP contribution is -2.27. The zero-order valence-corrected chi connectivity index (χ0v) is 15.9. The van der Waals surface area contributed by atoms with Gasteiger partial charge >= 0.3 is 6.09 Å². The van der Waals surface area contributed by atoms with E-state index in [0.717, 1.165) is 16.8 Å². The first-order chi connectivity index (χ1) is 11.9. The number of aryl methyl sites for hydroxylation is 2. The fourth-order valence-corrected chi connectivity index (χ4v) is 2.21. The van der Waals surface area contributed by atoms with E-state index in [1.807, 2.05) is 45.9 Å². The number of benzene rings is 1. The highest BCUT2D eigenvalue weighted by Crippen LogP contribution is 2.19. The number of hydrogen-bond acceptors (Lipinski definition) is 6. The summed E-state index contributed by atoms with van der Waals surface area (Å²) in [5.74, 6) is 0.363. The maximum Gasteiger partial charge on any atom is 0.408 e. The first-order valence-corrected chi connectivity index (χ1v) is 9.00. The summed E-state index contributed by atoms with van der Waals surface area (Å²) in [5, 5.41) is 23.1. The molecule has 25 heavy (non-hydrogen) atoms. The summed E-state index contributed by atoms with van der Waals surface area (Å²) in [4.78, 5) is 11.4. The molecular formula is C17H26N4O3S. The third-order valence-corrected chi connectivity index (χ3v) is 3.61. The van der Waals surface area contributed by atoms with Gasteiger partial charge in [0.2, 0.25) is 0 Å². The summed E-state index contributed by atoms with van der Waals surface area (Å²) < 4.78 is 5.02. The van der Waals surface area contributed by atoms with Gasteiger partial charge in [0.25, 0.3) is 0 Å². The number of aliphatic hydroxyl groups excluding tert-OH is 1. The van der Waals surface area contributed by atoms with Gasteiger partial charge in [0.15, 0.2) is 5.17 Å². The molecule has 0 bridgehead atoms. The standard InChI is InChI=1S/C17H26N4O3S/c1-12(2)10-19-21-16(25-11-24-17(23)18-7-8-22)20-15-9-13(3)5-6-14(15)4/h5-6,9-10,12,22H,7-8,11H2,1-4H3,(H,18,23)(H,20,21)/b19-10+. The fraction of sp³-hybridized carbons (Fsp3) is 0.471. The van der Waals surface area contributed by atoms with E-state index in [1.165, 1.54) is 11.8 Å². The number of alkyl carbamates (subject to hydrolysis) is 1. The van der Waals surface area contributed by atoms with Crippen molar-refractivity contribution in [1.29, 1.82) is 0 Å². The zero-order chi connectivity index (χ0) is 18.7. The van der Waals surface area contributed by atoms with Crippen molar-refractivity contribution in [2.24, 2.45) is 16.1 Å². The largest absolute Gasteiger partial charge is 0.438 e. The Balaban J connectivity index is 2.72. The molecule has 0 fully saturated rings. The van der Waals surface area contributed by atoms with Crippen molar-refractivity contribution in [3.8, 4) is 0 Å². The van der Waals surface area contributed by atoms with Crippen LogP contribution in [0, 0.1) is 19.8 Å². The number of nitrogens with zero attached hydrogens (tertiary/aromatic N) is 2. The van der Waals surface area contributed by atoms with Crippen LogP contribution in [-0.2, 0) is 4.74 Å². The van der Waals surface area contributed by atoms with Gasteiger partial charge in [-0.3, -0.25) is 0 Å². The molecule has 8 heteroatoms. The van der Waals surface area contributed by atoms with Crippen molar-refractivity contribution in [2.45, 2.75) is 27.7 Å². The average molecular weight is 366 g/mol. The molecule has 0 heterocycles. The maximum absolute atomic E-state index is 11.4. The van der Waals surface area contributed by atoms with Crippen LogP contribution in [0.3, 0.4) is 0 Å². The quantitative estimate of drug-likeness (QED) is 0.298. The van der Waals surface area contributed by atoms with Crippen LogP contribution in [0.1, 0.15) is 25.0 Å². The molecule has 0 atom stereocenters. The summed E-state index contributed by atoms with van der Waals surface area (Å²) in [7, 11) is 0. The Morgan fingerprint density at radius 1 is 1.40 bits per heavy atom. The summed E-state index contributed by atoms with van der Waals surface area (Å²) in [5.41, 5.74) is 3.13. The number of rotatable bonds is 7. The monoisotopic (exact) mass is 366 g/mol.